The number of thiazole rings is 1. The van der Waals surface area contributed by atoms with Gasteiger partial charge in [-0.1, -0.05) is 24.7 Å². The molecule has 1 unspecified atom stereocenters. The molecule has 1 aromatic carbocycles. The molecule has 0 spiro atoms. The number of rotatable bonds is 3. The Hall–Kier alpha value is -0.200. The number of aromatic nitrogens is 1. The number of aliphatic hydroxyl groups is 1. The average Bonchev–Trinajstić information content (AvgIpc) is 2.55. The van der Waals surface area contributed by atoms with Crippen LogP contribution in [0.4, 0.5) is 0 Å². The Morgan fingerprint density at radius 2 is 2.12 bits per heavy atom. The van der Waals surface area contributed by atoms with E-state index < -0.39 is 0 Å². The predicted octanol–water partition coefficient (Wildman–Crippen LogP) is -0.128. The SMILES string of the molecule is CCCC(O)c1ccc2c(c1)sc(C)[n+]2C.[I-]. The number of hydrogen-bond acceptors (Lipinski definition) is 2. The van der Waals surface area contributed by atoms with Gasteiger partial charge in [-0.25, -0.2) is 0 Å². The fourth-order valence-electron chi connectivity index (χ4n) is 1.93. The van der Waals surface area contributed by atoms with Crippen molar-refractivity contribution in [2.24, 2.45) is 7.05 Å². The van der Waals surface area contributed by atoms with E-state index in [1.165, 1.54) is 15.2 Å². The Morgan fingerprint density at radius 3 is 2.76 bits per heavy atom. The van der Waals surface area contributed by atoms with Gasteiger partial charge in [0.2, 0.25) is 10.5 Å². The van der Waals surface area contributed by atoms with Crippen LogP contribution in [-0.2, 0) is 7.05 Å². The van der Waals surface area contributed by atoms with Gasteiger partial charge in [-0.2, -0.15) is 4.57 Å². The summed E-state index contributed by atoms with van der Waals surface area (Å²) >= 11 is 1.78. The van der Waals surface area contributed by atoms with E-state index in [0.717, 1.165) is 18.4 Å². The number of benzene rings is 1. The molecule has 0 saturated carbocycles. The molecule has 0 amide bonds. The molecule has 2 nitrogen and oxygen atoms in total. The van der Waals surface area contributed by atoms with Crippen LogP contribution in [0.15, 0.2) is 18.2 Å². The highest BCUT2D eigenvalue weighted by atomic mass is 127. The molecule has 0 aliphatic rings. The number of nitrogens with zero attached hydrogens (tertiary/aromatic N) is 1. The summed E-state index contributed by atoms with van der Waals surface area (Å²) in [5.41, 5.74) is 2.28. The Labute approximate surface area is 123 Å². The first-order valence-corrected chi connectivity index (χ1v) is 6.52. The number of halogens is 1. The van der Waals surface area contributed by atoms with E-state index in [4.69, 9.17) is 0 Å². The second-order valence-corrected chi connectivity index (χ2v) is 5.45. The first kappa shape index (κ1) is 14.9. The van der Waals surface area contributed by atoms with Crippen molar-refractivity contribution in [1.29, 1.82) is 0 Å². The normalized spacial score (nSPS) is 12.5. The molecule has 0 aliphatic heterocycles. The molecule has 2 aromatic rings. The number of aryl methyl sites for hydroxylation is 2. The molecule has 0 bridgehead atoms. The minimum absolute atomic E-state index is 0. The van der Waals surface area contributed by atoms with E-state index in [-0.39, 0.29) is 30.1 Å². The summed E-state index contributed by atoms with van der Waals surface area (Å²) in [4.78, 5) is 0. The minimum atomic E-state index is -0.317. The summed E-state index contributed by atoms with van der Waals surface area (Å²) in [7, 11) is 2.08. The Balaban J connectivity index is 0.00000144. The molecule has 0 saturated heterocycles. The molecular formula is C13H18INOS. The second-order valence-electron chi connectivity index (χ2n) is 4.21. The van der Waals surface area contributed by atoms with Crippen LogP contribution in [0.3, 0.4) is 0 Å². The van der Waals surface area contributed by atoms with Gasteiger partial charge in [-0.05, 0) is 24.1 Å². The minimum Gasteiger partial charge on any atom is -1.00 e. The van der Waals surface area contributed by atoms with Crippen LogP contribution in [0.1, 0.15) is 36.4 Å². The van der Waals surface area contributed by atoms with Crippen molar-refractivity contribution in [1.82, 2.24) is 0 Å². The first-order chi connectivity index (χ1) is 7.63. The van der Waals surface area contributed by atoms with Gasteiger partial charge in [-0.3, -0.25) is 0 Å². The molecule has 0 radical (unpaired) electrons. The van der Waals surface area contributed by atoms with Crippen molar-refractivity contribution in [2.45, 2.75) is 32.8 Å². The number of fused-ring (bicyclic) bond motifs is 1. The third-order valence-electron chi connectivity index (χ3n) is 3.02. The lowest BCUT2D eigenvalue weighted by atomic mass is 10.1. The van der Waals surface area contributed by atoms with E-state index in [2.05, 4.69) is 37.6 Å². The lowest BCUT2D eigenvalue weighted by molar-refractivity contribution is -0.646. The number of aliphatic hydroxyl groups excluding tert-OH is 1. The van der Waals surface area contributed by atoms with Gasteiger partial charge in [0, 0.05) is 13.0 Å². The molecule has 1 N–H and O–H groups in total. The standard InChI is InChI=1S/C13H18NOS.HI/c1-4-5-12(15)10-6-7-11-13(8-10)16-9(2)14(11)3;/h6-8,12,15H,4-5H2,1-3H3;1H/q+1;/p-1. The van der Waals surface area contributed by atoms with Crippen molar-refractivity contribution >= 4 is 21.6 Å². The first-order valence-electron chi connectivity index (χ1n) is 5.70. The lowest BCUT2D eigenvalue weighted by Crippen LogP contribution is -3.00. The van der Waals surface area contributed by atoms with E-state index >= 15 is 0 Å². The zero-order valence-corrected chi connectivity index (χ0v) is 13.4. The maximum atomic E-state index is 9.95. The molecule has 1 aromatic heterocycles. The molecule has 1 atom stereocenters. The molecule has 0 aliphatic carbocycles. The van der Waals surface area contributed by atoms with Crippen LogP contribution in [0, 0.1) is 6.92 Å². The summed E-state index contributed by atoms with van der Waals surface area (Å²) in [6, 6.07) is 6.26. The summed E-state index contributed by atoms with van der Waals surface area (Å²) in [5, 5.41) is 11.2. The molecule has 17 heavy (non-hydrogen) atoms. The van der Waals surface area contributed by atoms with Gasteiger partial charge in [-0.15, -0.1) is 0 Å². The van der Waals surface area contributed by atoms with Crippen LogP contribution in [0.2, 0.25) is 0 Å². The van der Waals surface area contributed by atoms with Crippen LogP contribution in [0.5, 0.6) is 0 Å². The predicted molar refractivity (Wildman–Crippen MR) is 67.6 cm³/mol. The van der Waals surface area contributed by atoms with Gasteiger partial charge in [0.25, 0.3) is 0 Å². The molecule has 94 valence electrons. The fraction of sp³-hybridized carbons (Fsp3) is 0.462. The van der Waals surface area contributed by atoms with Crippen molar-refractivity contribution in [3.8, 4) is 0 Å². The Bertz CT molecular complexity index is 509. The van der Waals surface area contributed by atoms with Crippen molar-refractivity contribution in [3.63, 3.8) is 0 Å². The van der Waals surface area contributed by atoms with E-state index in [9.17, 15) is 5.11 Å². The maximum absolute atomic E-state index is 9.95. The average molecular weight is 363 g/mol. The highest BCUT2D eigenvalue weighted by Gasteiger charge is 2.15. The third kappa shape index (κ3) is 2.98. The smallest absolute Gasteiger partial charge is 0.234 e. The molecule has 4 heteroatoms. The second kappa shape index (κ2) is 6.11. The lowest BCUT2D eigenvalue weighted by Gasteiger charge is -2.08. The highest BCUT2D eigenvalue weighted by Crippen LogP contribution is 2.25. The summed E-state index contributed by atoms with van der Waals surface area (Å²) in [5.74, 6) is 0. The zero-order valence-electron chi connectivity index (χ0n) is 10.4. The molecule has 2 rings (SSSR count). The molecular weight excluding hydrogens is 345 g/mol. The number of hydrogen-bond donors (Lipinski definition) is 1. The largest absolute Gasteiger partial charge is 1.00 e. The van der Waals surface area contributed by atoms with E-state index in [1.54, 1.807) is 11.3 Å². The summed E-state index contributed by atoms with van der Waals surface area (Å²) in [6.45, 7) is 4.21. The van der Waals surface area contributed by atoms with Gasteiger partial charge in [0.05, 0.1) is 6.10 Å². The van der Waals surface area contributed by atoms with Gasteiger partial charge in [0.15, 0.2) is 0 Å². The highest BCUT2D eigenvalue weighted by molar-refractivity contribution is 7.18. The monoisotopic (exact) mass is 363 g/mol. The maximum Gasteiger partial charge on any atom is 0.234 e. The zero-order chi connectivity index (χ0) is 11.7. The third-order valence-corrected chi connectivity index (χ3v) is 4.14. The van der Waals surface area contributed by atoms with Gasteiger partial charge >= 0.3 is 0 Å². The quantitative estimate of drug-likeness (QED) is 0.597. The summed E-state index contributed by atoms with van der Waals surface area (Å²) in [6.07, 6.45) is 1.53. The van der Waals surface area contributed by atoms with E-state index in [0.29, 0.717) is 0 Å². The van der Waals surface area contributed by atoms with Crippen molar-refractivity contribution in [2.75, 3.05) is 0 Å². The van der Waals surface area contributed by atoms with E-state index in [1.807, 2.05) is 6.07 Å². The van der Waals surface area contributed by atoms with Gasteiger partial charge in [0.1, 0.15) is 11.7 Å². The van der Waals surface area contributed by atoms with Crippen LogP contribution in [-0.4, -0.2) is 5.11 Å². The molecule has 0 fully saturated rings. The fourth-order valence-corrected chi connectivity index (χ4v) is 2.99. The van der Waals surface area contributed by atoms with Crippen LogP contribution < -0.4 is 28.5 Å². The summed E-state index contributed by atoms with van der Waals surface area (Å²) < 4.78 is 3.45. The van der Waals surface area contributed by atoms with Crippen molar-refractivity contribution < 1.29 is 33.7 Å². The van der Waals surface area contributed by atoms with Crippen LogP contribution in [0.25, 0.3) is 10.2 Å². The Kier molecular flexibility index (Phi) is 5.34. The van der Waals surface area contributed by atoms with Gasteiger partial charge < -0.3 is 29.1 Å². The Morgan fingerprint density at radius 1 is 1.41 bits per heavy atom. The van der Waals surface area contributed by atoms with Crippen molar-refractivity contribution in [3.05, 3.63) is 28.8 Å². The van der Waals surface area contributed by atoms with Crippen LogP contribution >= 0.6 is 11.3 Å². The molecule has 1 heterocycles. The topological polar surface area (TPSA) is 24.1 Å².